The molecule has 0 unspecified atom stereocenters. The third-order valence-corrected chi connectivity index (χ3v) is 3.24. The fourth-order valence-electron chi connectivity index (χ4n) is 0.940. The molecule has 0 aliphatic rings. The van der Waals surface area contributed by atoms with Crippen LogP contribution in [-0.4, -0.2) is 5.78 Å². The van der Waals surface area contributed by atoms with Crippen LogP contribution in [0.25, 0.3) is 0 Å². The first kappa shape index (κ1) is 11.5. The average molecular weight is 319 g/mol. The molecule has 0 heterocycles. The highest BCUT2D eigenvalue weighted by Gasteiger charge is 2.05. The predicted molar refractivity (Wildman–Crippen MR) is 66.6 cm³/mol. The van der Waals surface area contributed by atoms with Crippen LogP contribution in [0.1, 0.15) is 23.7 Å². The van der Waals surface area contributed by atoms with Gasteiger partial charge in [0.25, 0.3) is 0 Å². The molecule has 0 saturated carbocycles. The van der Waals surface area contributed by atoms with Gasteiger partial charge < -0.3 is 0 Å². The van der Waals surface area contributed by atoms with Gasteiger partial charge in [0, 0.05) is 9.13 Å². The van der Waals surface area contributed by atoms with Crippen molar-refractivity contribution in [1.29, 1.82) is 0 Å². The Morgan fingerprint density at radius 2 is 2.29 bits per heavy atom. The van der Waals surface area contributed by atoms with Crippen LogP contribution >= 0.6 is 34.2 Å². The number of ketones is 1. The van der Waals surface area contributed by atoms with E-state index in [1.807, 2.05) is 6.07 Å². The van der Waals surface area contributed by atoms with E-state index in [0.717, 1.165) is 3.57 Å². The summed E-state index contributed by atoms with van der Waals surface area (Å²) in [6.45, 7) is 1.72. The first-order chi connectivity index (χ1) is 6.65. The van der Waals surface area contributed by atoms with Crippen LogP contribution in [0.15, 0.2) is 18.2 Å². The number of benzene rings is 1. The Kier molecular flexibility index (Phi) is 4.43. The molecule has 0 saturated heterocycles. The van der Waals surface area contributed by atoms with Gasteiger partial charge in [0.05, 0.1) is 11.4 Å². The molecule has 72 valence electrons. The fraction of sp³-hybridized carbons (Fsp3) is 0.182. The summed E-state index contributed by atoms with van der Waals surface area (Å²) in [5, 5.41) is 0.612. The second kappa shape index (κ2) is 5.38. The quantitative estimate of drug-likeness (QED) is 0.463. The van der Waals surface area contributed by atoms with Gasteiger partial charge in [-0.3, -0.25) is 4.79 Å². The average Bonchev–Trinajstić information content (AvgIpc) is 2.18. The zero-order valence-corrected chi connectivity index (χ0v) is 10.5. The molecule has 1 aromatic carbocycles. The number of hydrogen-bond acceptors (Lipinski definition) is 1. The monoisotopic (exact) mass is 318 g/mol. The number of hydrogen-bond donors (Lipinski definition) is 0. The maximum absolute atomic E-state index is 11.5. The summed E-state index contributed by atoms with van der Waals surface area (Å²) < 4.78 is 0.947. The Balaban J connectivity index is 2.89. The smallest absolute Gasteiger partial charge is 0.174 e. The molecule has 1 aromatic rings. The summed E-state index contributed by atoms with van der Waals surface area (Å²) in [5.74, 6) is 5.44. The summed E-state index contributed by atoms with van der Waals surface area (Å²) in [5.41, 5.74) is 0.623. The van der Waals surface area contributed by atoms with Crippen LogP contribution < -0.4 is 0 Å². The summed E-state index contributed by atoms with van der Waals surface area (Å²) >= 11 is 8.02. The van der Waals surface area contributed by atoms with Gasteiger partial charge in [0.2, 0.25) is 0 Å². The predicted octanol–water partition coefficient (Wildman–Crippen LogP) is 3.54. The van der Waals surface area contributed by atoms with Crippen molar-refractivity contribution >= 4 is 40.0 Å². The first-order valence-corrected chi connectivity index (χ1v) is 5.48. The number of Topliss-reactive ketones (excluding diaryl/α,β-unsaturated/α-hetero) is 1. The van der Waals surface area contributed by atoms with Crippen molar-refractivity contribution in [3.8, 4) is 11.8 Å². The molecule has 0 aliphatic heterocycles. The van der Waals surface area contributed by atoms with E-state index in [2.05, 4.69) is 34.4 Å². The van der Waals surface area contributed by atoms with Crippen molar-refractivity contribution in [2.75, 3.05) is 0 Å². The number of carbonyl (C=O) groups is 1. The SMILES string of the molecule is CC#CCC(=O)c1ccc(I)c(Cl)c1. The van der Waals surface area contributed by atoms with E-state index in [4.69, 9.17) is 11.6 Å². The van der Waals surface area contributed by atoms with Crippen molar-refractivity contribution < 1.29 is 4.79 Å². The lowest BCUT2D eigenvalue weighted by molar-refractivity contribution is 0.0998. The Labute approximate surface area is 102 Å². The standard InChI is InChI=1S/C11H8ClIO/c1-2-3-4-11(14)8-5-6-10(13)9(12)7-8/h5-7H,4H2,1H3. The lowest BCUT2D eigenvalue weighted by Gasteiger charge is -1.99. The third-order valence-electron chi connectivity index (χ3n) is 1.67. The molecule has 1 rings (SSSR count). The normalized spacial score (nSPS) is 9.07. The zero-order valence-electron chi connectivity index (χ0n) is 7.60. The molecule has 0 fully saturated rings. The third kappa shape index (κ3) is 3.00. The molecule has 14 heavy (non-hydrogen) atoms. The molecular formula is C11H8ClIO. The van der Waals surface area contributed by atoms with Gasteiger partial charge in [0.15, 0.2) is 5.78 Å². The van der Waals surface area contributed by atoms with E-state index in [1.54, 1.807) is 19.1 Å². The van der Waals surface area contributed by atoms with E-state index in [1.165, 1.54) is 0 Å². The molecular weight excluding hydrogens is 310 g/mol. The van der Waals surface area contributed by atoms with Crippen molar-refractivity contribution in [2.45, 2.75) is 13.3 Å². The molecule has 0 spiro atoms. The molecule has 0 N–H and O–H groups in total. The van der Waals surface area contributed by atoms with Crippen molar-refractivity contribution in [3.63, 3.8) is 0 Å². The number of rotatable bonds is 2. The molecule has 0 atom stereocenters. The molecule has 3 heteroatoms. The van der Waals surface area contributed by atoms with Gasteiger partial charge in [-0.05, 0) is 41.6 Å². The van der Waals surface area contributed by atoms with Crippen LogP contribution in [0, 0.1) is 15.4 Å². The van der Waals surface area contributed by atoms with Gasteiger partial charge in [-0.25, -0.2) is 0 Å². The highest BCUT2D eigenvalue weighted by Crippen LogP contribution is 2.20. The lowest BCUT2D eigenvalue weighted by atomic mass is 10.1. The molecule has 0 aliphatic carbocycles. The Hall–Kier alpha value is -0.530. The topological polar surface area (TPSA) is 17.1 Å². The van der Waals surface area contributed by atoms with Gasteiger partial charge >= 0.3 is 0 Å². The second-order valence-corrected chi connectivity index (χ2v) is 4.23. The molecule has 0 amide bonds. The summed E-state index contributed by atoms with van der Waals surface area (Å²) in [6, 6.07) is 5.28. The number of carbonyl (C=O) groups excluding carboxylic acids is 1. The van der Waals surface area contributed by atoms with E-state index < -0.39 is 0 Å². The van der Waals surface area contributed by atoms with Crippen LogP contribution in [0.5, 0.6) is 0 Å². The zero-order chi connectivity index (χ0) is 10.6. The largest absolute Gasteiger partial charge is 0.293 e. The molecule has 0 radical (unpaired) electrons. The van der Waals surface area contributed by atoms with Gasteiger partial charge in [0.1, 0.15) is 0 Å². The Morgan fingerprint density at radius 3 is 2.86 bits per heavy atom. The highest BCUT2D eigenvalue weighted by atomic mass is 127. The molecule has 1 nitrogen and oxygen atoms in total. The Bertz CT molecular complexity index is 415. The minimum atomic E-state index is 0.0117. The summed E-state index contributed by atoms with van der Waals surface area (Å²) in [7, 11) is 0. The van der Waals surface area contributed by atoms with Gasteiger partial charge in [-0.2, -0.15) is 0 Å². The summed E-state index contributed by atoms with van der Waals surface area (Å²) in [6.07, 6.45) is 0.257. The van der Waals surface area contributed by atoms with E-state index in [-0.39, 0.29) is 12.2 Å². The van der Waals surface area contributed by atoms with Crippen molar-refractivity contribution in [1.82, 2.24) is 0 Å². The molecule has 0 bridgehead atoms. The second-order valence-electron chi connectivity index (χ2n) is 2.66. The minimum Gasteiger partial charge on any atom is -0.293 e. The summed E-state index contributed by atoms with van der Waals surface area (Å²) in [4.78, 5) is 11.5. The van der Waals surface area contributed by atoms with E-state index >= 15 is 0 Å². The van der Waals surface area contributed by atoms with Crippen LogP contribution in [0.2, 0.25) is 5.02 Å². The highest BCUT2D eigenvalue weighted by molar-refractivity contribution is 14.1. The van der Waals surface area contributed by atoms with E-state index in [0.29, 0.717) is 10.6 Å². The number of halogens is 2. The van der Waals surface area contributed by atoms with Crippen LogP contribution in [0.3, 0.4) is 0 Å². The van der Waals surface area contributed by atoms with Crippen LogP contribution in [-0.2, 0) is 0 Å². The van der Waals surface area contributed by atoms with Gasteiger partial charge in [-0.1, -0.05) is 23.6 Å². The van der Waals surface area contributed by atoms with Crippen LogP contribution in [0.4, 0.5) is 0 Å². The lowest BCUT2D eigenvalue weighted by Crippen LogP contribution is -1.97. The fourth-order valence-corrected chi connectivity index (χ4v) is 1.46. The first-order valence-electron chi connectivity index (χ1n) is 4.03. The maximum Gasteiger partial charge on any atom is 0.174 e. The van der Waals surface area contributed by atoms with E-state index in [9.17, 15) is 4.79 Å². The van der Waals surface area contributed by atoms with Crippen molar-refractivity contribution in [2.24, 2.45) is 0 Å². The van der Waals surface area contributed by atoms with Gasteiger partial charge in [-0.15, -0.1) is 5.92 Å². The molecule has 0 aromatic heterocycles. The maximum atomic E-state index is 11.5. The van der Waals surface area contributed by atoms with Crippen molar-refractivity contribution in [3.05, 3.63) is 32.4 Å². The Morgan fingerprint density at radius 1 is 1.57 bits per heavy atom. The minimum absolute atomic E-state index is 0.0117.